The zero-order chi connectivity index (χ0) is 8.55. The topological polar surface area (TPSA) is 29.5 Å². The van der Waals surface area contributed by atoms with E-state index in [1.54, 1.807) is 6.07 Å². The maximum Gasteiger partial charge on any atom is 0.130 e. The van der Waals surface area contributed by atoms with Gasteiger partial charge in [0.1, 0.15) is 11.6 Å². The average molecular weight is 168 g/mol. The van der Waals surface area contributed by atoms with Crippen LogP contribution in [-0.4, -0.2) is 11.7 Å². The molecule has 1 aliphatic heterocycles. The highest BCUT2D eigenvalue weighted by atomic mass is 19.1. The van der Waals surface area contributed by atoms with E-state index in [4.69, 9.17) is 9.84 Å². The van der Waals surface area contributed by atoms with E-state index in [-0.39, 0.29) is 12.4 Å². The van der Waals surface area contributed by atoms with Crippen LogP contribution in [0.15, 0.2) is 12.1 Å². The first kappa shape index (κ1) is 7.55. The molecule has 2 nitrogen and oxygen atoms in total. The van der Waals surface area contributed by atoms with E-state index in [9.17, 15) is 4.39 Å². The maximum absolute atomic E-state index is 13.1. The zero-order valence-corrected chi connectivity index (χ0v) is 6.51. The predicted octanol–water partition coefficient (Wildman–Crippen LogP) is 1.25. The lowest BCUT2D eigenvalue weighted by atomic mass is 10.1. The molecular weight excluding hydrogens is 159 g/mol. The van der Waals surface area contributed by atoms with Crippen LogP contribution in [0.25, 0.3) is 0 Å². The molecule has 0 fully saturated rings. The molecule has 1 N–H and O–H groups in total. The number of fused-ring (bicyclic) bond motifs is 1. The largest absolute Gasteiger partial charge is 0.493 e. The van der Waals surface area contributed by atoms with Crippen LogP contribution in [0.4, 0.5) is 4.39 Å². The first-order valence-electron chi connectivity index (χ1n) is 3.86. The number of aliphatic hydroxyl groups excluding tert-OH is 1. The summed E-state index contributed by atoms with van der Waals surface area (Å²) in [6.45, 7) is 0.398. The summed E-state index contributed by atoms with van der Waals surface area (Å²) in [6.07, 6.45) is 0.632. The third-order valence-corrected chi connectivity index (χ3v) is 2.01. The third kappa shape index (κ3) is 1.06. The van der Waals surface area contributed by atoms with Crippen LogP contribution < -0.4 is 4.74 Å². The molecule has 0 amide bonds. The standard InChI is InChI=1S/C9H9FO2/c10-8-3-6(5-11)4-9-7(8)1-2-12-9/h3-4,11H,1-2,5H2. The Morgan fingerprint density at radius 3 is 3.08 bits per heavy atom. The van der Waals surface area contributed by atoms with Crippen molar-refractivity contribution in [3.05, 3.63) is 29.1 Å². The van der Waals surface area contributed by atoms with Gasteiger partial charge in [0.2, 0.25) is 0 Å². The van der Waals surface area contributed by atoms with Crippen molar-refractivity contribution in [1.29, 1.82) is 0 Å². The lowest BCUT2D eigenvalue weighted by Gasteiger charge is -2.02. The number of benzene rings is 1. The monoisotopic (exact) mass is 168 g/mol. The minimum Gasteiger partial charge on any atom is -0.493 e. The molecule has 0 aromatic heterocycles. The number of rotatable bonds is 1. The van der Waals surface area contributed by atoms with Crippen LogP contribution in [0, 0.1) is 5.82 Å². The third-order valence-electron chi connectivity index (χ3n) is 2.01. The summed E-state index contributed by atoms with van der Waals surface area (Å²) < 4.78 is 18.3. The SMILES string of the molecule is OCc1cc(F)c2c(c1)OCC2. The van der Waals surface area contributed by atoms with Crippen molar-refractivity contribution < 1.29 is 14.2 Å². The number of hydrogen-bond acceptors (Lipinski definition) is 2. The van der Waals surface area contributed by atoms with E-state index in [1.807, 2.05) is 0 Å². The lowest BCUT2D eigenvalue weighted by Crippen LogP contribution is -1.89. The highest BCUT2D eigenvalue weighted by Crippen LogP contribution is 2.28. The number of aliphatic hydroxyl groups is 1. The molecule has 1 aromatic carbocycles. The molecular formula is C9H9FO2. The Morgan fingerprint density at radius 2 is 2.33 bits per heavy atom. The lowest BCUT2D eigenvalue weighted by molar-refractivity contribution is 0.280. The molecule has 1 heterocycles. The van der Waals surface area contributed by atoms with E-state index in [1.165, 1.54) is 6.07 Å². The molecule has 0 aliphatic carbocycles. The summed E-state index contributed by atoms with van der Waals surface area (Å²) in [6, 6.07) is 3.04. The van der Waals surface area contributed by atoms with Crippen molar-refractivity contribution in [2.24, 2.45) is 0 Å². The smallest absolute Gasteiger partial charge is 0.130 e. The Bertz CT molecular complexity index is 310. The Morgan fingerprint density at radius 1 is 1.50 bits per heavy atom. The Labute approximate surface area is 69.6 Å². The van der Waals surface area contributed by atoms with Gasteiger partial charge in [-0.05, 0) is 17.7 Å². The van der Waals surface area contributed by atoms with Gasteiger partial charge in [-0.3, -0.25) is 0 Å². The molecule has 0 saturated heterocycles. The van der Waals surface area contributed by atoms with Crippen molar-refractivity contribution in [1.82, 2.24) is 0 Å². The molecule has 0 spiro atoms. The Hall–Kier alpha value is -1.09. The predicted molar refractivity (Wildman–Crippen MR) is 41.5 cm³/mol. The summed E-state index contributed by atoms with van der Waals surface area (Å²) in [5.41, 5.74) is 1.19. The van der Waals surface area contributed by atoms with Gasteiger partial charge in [0, 0.05) is 12.0 Å². The van der Waals surface area contributed by atoms with Crippen LogP contribution >= 0.6 is 0 Å². The molecule has 1 aromatic rings. The van der Waals surface area contributed by atoms with Crippen LogP contribution in [0.3, 0.4) is 0 Å². The first-order chi connectivity index (χ1) is 5.81. The van der Waals surface area contributed by atoms with Crippen molar-refractivity contribution in [2.75, 3.05) is 6.61 Å². The zero-order valence-electron chi connectivity index (χ0n) is 6.51. The van der Waals surface area contributed by atoms with Crippen molar-refractivity contribution in [3.8, 4) is 5.75 Å². The van der Waals surface area contributed by atoms with Gasteiger partial charge in [0.25, 0.3) is 0 Å². The Kier molecular flexibility index (Phi) is 1.73. The quantitative estimate of drug-likeness (QED) is 0.683. The molecule has 3 heteroatoms. The number of hydrogen-bond donors (Lipinski definition) is 1. The minimum atomic E-state index is -0.269. The minimum absolute atomic E-state index is 0.145. The molecule has 0 saturated carbocycles. The van der Waals surface area contributed by atoms with Gasteiger partial charge in [-0.15, -0.1) is 0 Å². The van der Waals surface area contributed by atoms with Crippen LogP contribution in [-0.2, 0) is 13.0 Å². The van der Waals surface area contributed by atoms with Crippen LogP contribution in [0.2, 0.25) is 0 Å². The van der Waals surface area contributed by atoms with Gasteiger partial charge in [-0.25, -0.2) is 4.39 Å². The van der Waals surface area contributed by atoms with E-state index >= 15 is 0 Å². The van der Waals surface area contributed by atoms with Crippen molar-refractivity contribution in [3.63, 3.8) is 0 Å². The maximum atomic E-state index is 13.1. The van der Waals surface area contributed by atoms with Gasteiger partial charge in [0.15, 0.2) is 0 Å². The van der Waals surface area contributed by atoms with Gasteiger partial charge in [-0.1, -0.05) is 0 Å². The molecule has 0 atom stereocenters. The highest BCUT2D eigenvalue weighted by Gasteiger charge is 2.17. The molecule has 12 heavy (non-hydrogen) atoms. The first-order valence-corrected chi connectivity index (χ1v) is 3.86. The Balaban J connectivity index is 2.51. The normalized spacial score (nSPS) is 14.2. The molecule has 0 bridgehead atoms. The molecule has 1 aliphatic rings. The van der Waals surface area contributed by atoms with Crippen molar-refractivity contribution >= 4 is 0 Å². The highest BCUT2D eigenvalue weighted by molar-refractivity contribution is 5.41. The second-order valence-corrected chi connectivity index (χ2v) is 2.81. The molecule has 64 valence electrons. The van der Waals surface area contributed by atoms with Crippen molar-refractivity contribution in [2.45, 2.75) is 13.0 Å². The van der Waals surface area contributed by atoms with E-state index in [2.05, 4.69) is 0 Å². The van der Waals surface area contributed by atoms with E-state index in [0.29, 0.717) is 29.9 Å². The average Bonchev–Trinajstić information content (AvgIpc) is 2.52. The summed E-state index contributed by atoms with van der Waals surface area (Å²) in [4.78, 5) is 0. The number of ether oxygens (including phenoxy) is 1. The van der Waals surface area contributed by atoms with Crippen LogP contribution in [0.5, 0.6) is 5.75 Å². The van der Waals surface area contributed by atoms with Gasteiger partial charge in [-0.2, -0.15) is 0 Å². The van der Waals surface area contributed by atoms with E-state index in [0.717, 1.165) is 0 Å². The fourth-order valence-electron chi connectivity index (χ4n) is 1.39. The van der Waals surface area contributed by atoms with Gasteiger partial charge < -0.3 is 9.84 Å². The molecule has 2 rings (SSSR count). The van der Waals surface area contributed by atoms with Gasteiger partial charge >= 0.3 is 0 Å². The van der Waals surface area contributed by atoms with Crippen LogP contribution in [0.1, 0.15) is 11.1 Å². The number of halogens is 1. The van der Waals surface area contributed by atoms with E-state index < -0.39 is 0 Å². The summed E-state index contributed by atoms with van der Waals surface area (Å²) >= 11 is 0. The fourth-order valence-corrected chi connectivity index (χ4v) is 1.39. The summed E-state index contributed by atoms with van der Waals surface area (Å²) in [7, 11) is 0. The molecule has 0 radical (unpaired) electrons. The second-order valence-electron chi connectivity index (χ2n) is 2.81. The van der Waals surface area contributed by atoms with Gasteiger partial charge in [0.05, 0.1) is 13.2 Å². The molecule has 0 unspecified atom stereocenters. The second kappa shape index (κ2) is 2.75. The summed E-state index contributed by atoms with van der Waals surface area (Å²) in [5.74, 6) is 0.313. The summed E-state index contributed by atoms with van der Waals surface area (Å²) in [5, 5.41) is 8.77. The fraction of sp³-hybridized carbons (Fsp3) is 0.333.